The molecule has 57 heavy (non-hydrogen) atoms. The first-order valence-electron chi connectivity index (χ1n) is 19.7. The summed E-state index contributed by atoms with van der Waals surface area (Å²) in [4.78, 5) is 14.2. The molecule has 0 unspecified atom stereocenters. The summed E-state index contributed by atoms with van der Waals surface area (Å²) in [5.41, 5.74) is 10.0. The van der Waals surface area contributed by atoms with Crippen molar-refractivity contribution in [1.82, 2.24) is 14.5 Å². The van der Waals surface area contributed by atoms with Gasteiger partial charge in [-0.2, -0.15) is 12.1 Å². The Labute approximate surface area is 353 Å². The number of aromatic nitrogens is 3. The summed E-state index contributed by atoms with van der Waals surface area (Å²) in [5.74, 6) is 3.30. The van der Waals surface area contributed by atoms with Crippen molar-refractivity contribution < 1.29 is 25.8 Å². The summed E-state index contributed by atoms with van der Waals surface area (Å²) in [7, 11) is 0. The molecule has 1 aliphatic heterocycles. The average Bonchev–Trinajstić information content (AvgIpc) is 3.69. The average molecular weight is 934 g/mol. The Hall–Kier alpha value is -4.93. The minimum Gasteiger partial charge on any atom is -0.509 e. The van der Waals surface area contributed by atoms with E-state index >= 15 is 0 Å². The van der Waals surface area contributed by atoms with Crippen LogP contribution in [0, 0.1) is 18.8 Å². The number of para-hydroxylation sites is 1. The molecular weight excluding hydrogens is 882 g/mol. The molecule has 4 heterocycles. The van der Waals surface area contributed by atoms with Crippen molar-refractivity contribution >= 4 is 44.7 Å². The van der Waals surface area contributed by atoms with Gasteiger partial charge in [0.1, 0.15) is 11.6 Å². The van der Waals surface area contributed by atoms with Crippen LogP contribution < -0.4 is 14.5 Å². The van der Waals surface area contributed by atoms with E-state index in [1.807, 2.05) is 36.7 Å². The zero-order chi connectivity index (χ0) is 39.7. The second-order valence-electron chi connectivity index (χ2n) is 18.4. The quantitative estimate of drug-likeness (QED) is 0.156. The van der Waals surface area contributed by atoms with Gasteiger partial charge in [0.05, 0.1) is 5.69 Å². The molecular formula is C50H52N5OPt-3. The van der Waals surface area contributed by atoms with Crippen molar-refractivity contribution in [2.75, 3.05) is 9.80 Å². The number of pyridine rings is 2. The maximum atomic E-state index is 6.59. The van der Waals surface area contributed by atoms with Gasteiger partial charge in [-0.05, 0) is 80.1 Å². The standard InChI is InChI=1S/C50H52N5O.Pt/c1-32(2)33-26-40(49(6,7)8)46(41(27-33)50(9,10)11)54-31-53(47-43(54)20-15-24-52-47)35-16-14-17-36(29-35)56-37-21-22-39-38-18-12-13-19-42(38)55(44(39)30-37)45-28-34(23-25-51-45)48(3,4)5;/h12-28,31-32H,1-11H3;/q-3;. The number of rotatable bonds is 6. The molecule has 0 atom stereocenters. The molecule has 3 aromatic heterocycles. The van der Waals surface area contributed by atoms with Gasteiger partial charge in [0, 0.05) is 56.2 Å². The summed E-state index contributed by atoms with van der Waals surface area (Å²) >= 11 is 0. The predicted molar refractivity (Wildman–Crippen MR) is 232 cm³/mol. The Morgan fingerprint density at radius 2 is 1.35 bits per heavy atom. The Morgan fingerprint density at radius 1 is 0.649 bits per heavy atom. The third-order valence-electron chi connectivity index (χ3n) is 10.8. The molecule has 8 rings (SSSR count). The van der Waals surface area contributed by atoms with Crippen LogP contribution in [0.3, 0.4) is 0 Å². The fourth-order valence-corrected chi connectivity index (χ4v) is 7.68. The molecule has 1 aliphatic rings. The molecule has 0 saturated heterocycles. The van der Waals surface area contributed by atoms with Gasteiger partial charge in [-0.25, -0.2) is 9.97 Å². The first kappa shape index (κ1) is 40.3. The molecule has 0 fully saturated rings. The third-order valence-corrected chi connectivity index (χ3v) is 10.8. The minimum atomic E-state index is -0.0987. The van der Waals surface area contributed by atoms with E-state index in [4.69, 9.17) is 14.7 Å². The maximum absolute atomic E-state index is 6.59. The predicted octanol–water partition coefficient (Wildman–Crippen LogP) is 13.4. The van der Waals surface area contributed by atoms with Crippen molar-refractivity contribution in [2.45, 2.75) is 98.3 Å². The van der Waals surface area contributed by atoms with Gasteiger partial charge < -0.3 is 19.1 Å². The van der Waals surface area contributed by atoms with Crippen molar-refractivity contribution in [2.24, 2.45) is 0 Å². The number of anilines is 4. The van der Waals surface area contributed by atoms with Crippen LogP contribution in [-0.2, 0) is 37.3 Å². The monoisotopic (exact) mass is 933 g/mol. The molecule has 0 N–H and O–H groups in total. The summed E-state index contributed by atoms with van der Waals surface area (Å²) in [6.07, 6.45) is 3.76. The van der Waals surface area contributed by atoms with Crippen LogP contribution in [0.25, 0.3) is 27.6 Å². The number of nitrogens with zero attached hydrogens (tertiary/aromatic N) is 5. The van der Waals surface area contributed by atoms with Crippen molar-refractivity contribution in [3.8, 4) is 17.3 Å². The summed E-state index contributed by atoms with van der Waals surface area (Å²) < 4.78 is 8.78. The van der Waals surface area contributed by atoms with Crippen LogP contribution in [0.2, 0.25) is 0 Å². The molecule has 0 aliphatic carbocycles. The minimum absolute atomic E-state index is 0. The molecule has 0 spiro atoms. The largest absolute Gasteiger partial charge is 0.509 e. The molecule has 7 aromatic rings. The number of hydrogen-bond acceptors (Lipinski definition) is 5. The number of benzene rings is 4. The van der Waals surface area contributed by atoms with E-state index in [0.29, 0.717) is 17.4 Å². The third kappa shape index (κ3) is 7.50. The molecule has 0 amide bonds. The number of hydrogen-bond donors (Lipinski definition) is 0. The zero-order valence-corrected chi connectivity index (χ0v) is 37.2. The summed E-state index contributed by atoms with van der Waals surface area (Å²) in [5, 5.41) is 2.24. The van der Waals surface area contributed by atoms with Crippen LogP contribution in [0.4, 0.5) is 22.9 Å². The fourth-order valence-electron chi connectivity index (χ4n) is 7.68. The maximum Gasteiger partial charge on any atom is 0.135 e. The van der Waals surface area contributed by atoms with Gasteiger partial charge in [0.2, 0.25) is 0 Å². The summed E-state index contributed by atoms with van der Waals surface area (Å²) in [6.45, 7) is 27.2. The Balaban J connectivity index is 0.00000496. The Morgan fingerprint density at radius 3 is 2.04 bits per heavy atom. The normalized spacial score (nSPS) is 13.4. The van der Waals surface area contributed by atoms with Gasteiger partial charge in [-0.3, -0.25) is 0 Å². The molecule has 6 nitrogen and oxygen atoms in total. The van der Waals surface area contributed by atoms with Gasteiger partial charge in [-0.15, -0.1) is 42.4 Å². The first-order chi connectivity index (χ1) is 26.5. The molecule has 7 heteroatoms. The molecule has 0 bridgehead atoms. The zero-order valence-electron chi connectivity index (χ0n) is 34.9. The van der Waals surface area contributed by atoms with Gasteiger partial charge in [0.25, 0.3) is 0 Å². The van der Waals surface area contributed by atoms with Gasteiger partial charge in [-0.1, -0.05) is 118 Å². The second-order valence-corrected chi connectivity index (χ2v) is 18.4. The molecule has 0 radical (unpaired) electrons. The van der Waals surface area contributed by atoms with E-state index in [1.54, 1.807) is 0 Å². The number of fused-ring (bicyclic) bond motifs is 4. The molecule has 296 valence electrons. The van der Waals surface area contributed by atoms with Gasteiger partial charge >= 0.3 is 0 Å². The molecule has 0 saturated carbocycles. The molecule has 4 aromatic carbocycles. The van der Waals surface area contributed by atoms with E-state index in [-0.39, 0.29) is 37.3 Å². The summed E-state index contributed by atoms with van der Waals surface area (Å²) in [6, 6.07) is 39.0. The van der Waals surface area contributed by atoms with Crippen LogP contribution in [0.15, 0.2) is 103 Å². The Kier molecular flexibility index (Phi) is 10.4. The van der Waals surface area contributed by atoms with E-state index in [1.165, 1.54) is 27.9 Å². The van der Waals surface area contributed by atoms with Gasteiger partial charge in [0.15, 0.2) is 0 Å². The van der Waals surface area contributed by atoms with Crippen LogP contribution >= 0.6 is 0 Å². The second kappa shape index (κ2) is 14.8. The van der Waals surface area contributed by atoms with Crippen LogP contribution in [0.5, 0.6) is 11.5 Å². The SMILES string of the molecule is CC(C)c1cc(C(C)(C)C)c(N2[CH-]N(c3[c-]c(Oc4[c-]c5c(cc4)c4ccccc4n5-c4cc(C(C)(C)C)ccn4)ccc3)c3ncccc32)c(C(C)(C)C)c1.[Pt]. The van der Waals surface area contributed by atoms with Crippen molar-refractivity contribution in [3.63, 3.8) is 0 Å². The fraction of sp³-hybridized carbons (Fsp3) is 0.300. The first-order valence-corrected chi connectivity index (χ1v) is 19.7. The van der Waals surface area contributed by atoms with Crippen LogP contribution in [0.1, 0.15) is 104 Å². The van der Waals surface area contributed by atoms with Crippen LogP contribution in [-0.4, -0.2) is 14.5 Å². The van der Waals surface area contributed by atoms with Crippen molar-refractivity contribution in [3.05, 3.63) is 144 Å². The van der Waals surface area contributed by atoms with E-state index in [9.17, 15) is 0 Å². The number of ether oxygens (including phenoxy) is 1. The smallest absolute Gasteiger partial charge is 0.135 e. The van der Waals surface area contributed by atoms with E-state index in [2.05, 4.69) is 176 Å². The van der Waals surface area contributed by atoms with Crippen molar-refractivity contribution in [1.29, 1.82) is 0 Å². The van der Waals surface area contributed by atoms with E-state index in [0.717, 1.165) is 44.8 Å². The Bertz CT molecular complexity index is 2570. The van der Waals surface area contributed by atoms with E-state index < -0.39 is 0 Å². The topological polar surface area (TPSA) is 46.4 Å².